The highest BCUT2D eigenvalue weighted by molar-refractivity contribution is 6.39. The summed E-state index contributed by atoms with van der Waals surface area (Å²) < 4.78 is 0. The number of aromatic nitrogens is 1. The summed E-state index contributed by atoms with van der Waals surface area (Å²) in [6, 6.07) is 13.4. The van der Waals surface area contributed by atoms with Crippen LogP contribution in [-0.2, 0) is 16.0 Å². The van der Waals surface area contributed by atoms with Gasteiger partial charge >= 0.3 is 11.8 Å². The van der Waals surface area contributed by atoms with Crippen molar-refractivity contribution in [2.24, 2.45) is 5.92 Å². The summed E-state index contributed by atoms with van der Waals surface area (Å²) in [4.78, 5) is 28.0. The smallest absolute Gasteiger partial charge is 0.313 e. The molecule has 118 valence electrons. The van der Waals surface area contributed by atoms with Gasteiger partial charge in [0.25, 0.3) is 0 Å². The minimum Gasteiger partial charge on any atom is -0.344 e. The van der Waals surface area contributed by atoms with Gasteiger partial charge in [0.05, 0.1) is 11.9 Å². The molecule has 0 radical (unpaired) electrons. The van der Waals surface area contributed by atoms with Crippen molar-refractivity contribution in [3.8, 4) is 0 Å². The summed E-state index contributed by atoms with van der Waals surface area (Å²) in [7, 11) is 0. The zero-order chi connectivity index (χ0) is 16.1. The van der Waals surface area contributed by atoms with Crippen molar-refractivity contribution in [3.05, 3.63) is 60.4 Å². The highest BCUT2D eigenvalue weighted by Gasteiger charge is 2.33. The van der Waals surface area contributed by atoms with E-state index in [4.69, 9.17) is 0 Å². The molecule has 1 aromatic heterocycles. The third-order valence-corrected chi connectivity index (χ3v) is 3.93. The first-order valence-corrected chi connectivity index (χ1v) is 7.78. The Bertz CT molecular complexity index is 669. The quantitative estimate of drug-likeness (QED) is 0.831. The van der Waals surface area contributed by atoms with E-state index in [0.29, 0.717) is 11.6 Å². The highest BCUT2D eigenvalue weighted by Crippen LogP contribution is 2.34. The zero-order valence-corrected chi connectivity index (χ0v) is 12.7. The van der Waals surface area contributed by atoms with Crippen LogP contribution < -0.4 is 10.6 Å². The van der Waals surface area contributed by atoms with Crippen molar-refractivity contribution in [2.75, 3.05) is 5.32 Å². The zero-order valence-electron chi connectivity index (χ0n) is 12.7. The van der Waals surface area contributed by atoms with Gasteiger partial charge in [-0.3, -0.25) is 14.6 Å². The molecule has 2 N–H and O–H groups in total. The van der Waals surface area contributed by atoms with Crippen molar-refractivity contribution >= 4 is 17.5 Å². The van der Waals surface area contributed by atoms with Gasteiger partial charge in [-0.15, -0.1) is 0 Å². The number of hydrogen-bond donors (Lipinski definition) is 2. The van der Waals surface area contributed by atoms with Crippen LogP contribution in [0.3, 0.4) is 0 Å². The SMILES string of the molecule is O=C(Nc1cccnc1)C(=O)N[C@H](Cc1ccccc1)C1CC1. The number of benzene rings is 1. The average molecular weight is 309 g/mol. The van der Waals surface area contributed by atoms with Gasteiger partial charge in [0.2, 0.25) is 0 Å². The van der Waals surface area contributed by atoms with Crippen molar-refractivity contribution in [3.63, 3.8) is 0 Å². The Morgan fingerprint density at radius 1 is 1.09 bits per heavy atom. The Labute approximate surface area is 135 Å². The summed E-state index contributed by atoms with van der Waals surface area (Å²) in [5.74, 6) is -0.788. The molecule has 1 aliphatic carbocycles. The molecule has 23 heavy (non-hydrogen) atoms. The maximum Gasteiger partial charge on any atom is 0.313 e. The molecule has 1 aromatic carbocycles. The van der Waals surface area contributed by atoms with Crippen LogP contribution in [0, 0.1) is 5.92 Å². The van der Waals surface area contributed by atoms with E-state index in [9.17, 15) is 9.59 Å². The standard InChI is InChI=1S/C18H19N3O2/c22-17(20-15-7-4-10-19-12-15)18(23)21-16(14-8-9-14)11-13-5-2-1-3-6-13/h1-7,10,12,14,16H,8-9,11H2,(H,20,22)(H,21,23)/t16-/m1/s1. The van der Waals surface area contributed by atoms with E-state index < -0.39 is 11.8 Å². The molecule has 1 heterocycles. The van der Waals surface area contributed by atoms with Gasteiger partial charge in [-0.2, -0.15) is 0 Å². The Hall–Kier alpha value is -2.69. The normalized spacial score (nSPS) is 14.8. The van der Waals surface area contributed by atoms with E-state index in [2.05, 4.69) is 15.6 Å². The molecule has 5 heteroatoms. The molecule has 5 nitrogen and oxygen atoms in total. The molecule has 1 atom stereocenters. The second kappa shape index (κ2) is 7.05. The predicted molar refractivity (Wildman–Crippen MR) is 87.7 cm³/mol. The van der Waals surface area contributed by atoms with E-state index in [0.717, 1.165) is 24.8 Å². The second-order valence-corrected chi connectivity index (χ2v) is 5.80. The summed E-state index contributed by atoms with van der Waals surface area (Å²) in [5.41, 5.74) is 1.68. The van der Waals surface area contributed by atoms with Gasteiger partial charge in [-0.25, -0.2) is 0 Å². The fourth-order valence-electron chi connectivity index (χ4n) is 2.56. The molecule has 2 aromatic rings. The number of carbonyl (C=O) groups is 2. The van der Waals surface area contributed by atoms with Crippen LogP contribution in [0.1, 0.15) is 18.4 Å². The Morgan fingerprint density at radius 2 is 1.87 bits per heavy atom. The monoisotopic (exact) mass is 309 g/mol. The van der Waals surface area contributed by atoms with Gasteiger partial charge in [-0.05, 0) is 42.9 Å². The summed E-state index contributed by atoms with van der Waals surface area (Å²) in [6.07, 6.45) is 6.06. The average Bonchev–Trinajstić information content (AvgIpc) is 3.41. The van der Waals surface area contributed by atoms with Crippen LogP contribution in [0.25, 0.3) is 0 Å². The third-order valence-electron chi connectivity index (χ3n) is 3.93. The molecule has 0 aliphatic heterocycles. The van der Waals surface area contributed by atoms with E-state index in [1.165, 1.54) is 6.20 Å². The maximum absolute atomic E-state index is 12.1. The maximum atomic E-state index is 12.1. The lowest BCUT2D eigenvalue weighted by Gasteiger charge is -2.18. The Balaban J connectivity index is 1.59. The van der Waals surface area contributed by atoms with E-state index in [1.807, 2.05) is 30.3 Å². The molecule has 1 saturated carbocycles. The van der Waals surface area contributed by atoms with Crippen LogP contribution in [-0.4, -0.2) is 22.8 Å². The van der Waals surface area contributed by atoms with Gasteiger partial charge in [-0.1, -0.05) is 30.3 Å². The molecule has 1 aliphatic rings. The topological polar surface area (TPSA) is 71.1 Å². The molecular formula is C18H19N3O2. The lowest BCUT2D eigenvalue weighted by molar-refractivity contribution is -0.136. The summed E-state index contributed by atoms with van der Waals surface area (Å²) in [5, 5.41) is 5.43. The van der Waals surface area contributed by atoms with Gasteiger partial charge in [0.15, 0.2) is 0 Å². The van der Waals surface area contributed by atoms with Crippen LogP contribution in [0.15, 0.2) is 54.9 Å². The number of rotatable bonds is 5. The Kier molecular flexibility index (Phi) is 4.66. The number of amides is 2. The highest BCUT2D eigenvalue weighted by atomic mass is 16.2. The first kappa shape index (κ1) is 15.2. The summed E-state index contributed by atoms with van der Waals surface area (Å²) >= 11 is 0. The predicted octanol–water partition coefficient (Wildman–Crippen LogP) is 2.16. The lowest BCUT2D eigenvalue weighted by Crippen LogP contribution is -2.44. The molecular weight excluding hydrogens is 290 g/mol. The van der Waals surface area contributed by atoms with Crippen LogP contribution in [0.5, 0.6) is 0 Å². The largest absolute Gasteiger partial charge is 0.344 e. The lowest BCUT2D eigenvalue weighted by atomic mass is 10.0. The van der Waals surface area contributed by atoms with Crippen molar-refractivity contribution in [1.82, 2.24) is 10.3 Å². The van der Waals surface area contributed by atoms with E-state index >= 15 is 0 Å². The molecule has 1 fully saturated rings. The van der Waals surface area contributed by atoms with Gasteiger partial charge in [0.1, 0.15) is 0 Å². The number of carbonyl (C=O) groups excluding carboxylic acids is 2. The van der Waals surface area contributed by atoms with Gasteiger partial charge < -0.3 is 10.6 Å². The van der Waals surface area contributed by atoms with Crippen molar-refractivity contribution in [1.29, 1.82) is 0 Å². The number of nitrogens with zero attached hydrogens (tertiary/aromatic N) is 1. The molecule has 0 bridgehead atoms. The number of hydrogen-bond acceptors (Lipinski definition) is 3. The summed E-state index contributed by atoms with van der Waals surface area (Å²) in [6.45, 7) is 0. The molecule has 0 spiro atoms. The molecule has 2 amide bonds. The number of nitrogens with one attached hydrogen (secondary N) is 2. The second-order valence-electron chi connectivity index (χ2n) is 5.80. The molecule has 0 unspecified atom stereocenters. The van der Waals surface area contributed by atoms with Crippen LogP contribution in [0.4, 0.5) is 5.69 Å². The molecule has 0 saturated heterocycles. The minimum atomic E-state index is -0.656. The molecule has 3 rings (SSSR count). The van der Waals surface area contributed by atoms with Gasteiger partial charge in [0, 0.05) is 12.2 Å². The fourth-order valence-corrected chi connectivity index (χ4v) is 2.56. The minimum absolute atomic E-state index is 0.00421. The van der Waals surface area contributed by atoms with Crippen molar-refractivity contribution in [2.45, 2.75) is 25.3 Å². The fraction of sp³-hybridized carbons (Fsp3) is 0.278. The third kappa shape index (κ3) is 4.39. The van der Waals surface area contributed by atoms with E-state index in [-0.39, 0.29) is 6.04 Å². The first-order valence-electron chi connectivity index (χ1n) is 7.78. The first-order chi connectivity index (χ1) is 11.2. The Morgan fingerprint density at radius 3 is 2.52 bits per heavy atom. The number of pyridine rings is 1. The van der Waals surface area contributed by atoms with Crippen LogP contribution in [0.2, 0.25) is 0 Å². The van der Waals surface area contributed by atoms with Crippen LogP contribution >= 0.6 is 0 Å². The van der Waals surface area contributed by atoms with E-state index in [1.54, 1.807) is 18.3 Å². The number of anilines is 1. The van der Waals surface area contributed by atoms with Crippen molar-refractivity contribution < 1.29 is 9.59 Å².